The first-order chi connectivity index (χ1) is 10.9. The lowest BCUT2D eigenvalue weighted by Gasteiger charge is -2.10. The van der Waals surface area contributed by atoms with Crippen molar-refractivity contribution in [3.05, 3.63) is 47.9 Å². The Morgan fingerprint density at radius 2 is 2.00 bits per heavy atom. The van der Waals surface area contributed by atoms with Crippen LogP contribution in [0.5, 0.6) is 0 Å². The molecule has 5 nitrogen and oxygen atoms in total. The molecule has 3 aromatic rings. The summed E-state index contributed by atoms with van der Waals surface area (Å²) >= 11 is 0. The van der Waals surface area contributed by atoms with Crippen LogP contribution < -0.4 is 5.32 Å². The van der Waals surface area contributed by atoms with Crippen LogP contribution in [0.4, 0.5) is 13.2 Å². The molecule has 2 aromatic heterocycles. The maximum atomic E-state index is 13.0. The number of aromatic amines is 1. The highest BCUT2D eigenvalue weighted by atomic mass is 19.4. The van der Waals surface area contributed by atoms with Gasteiger partial charge in [0.25, 0.3) is 5.91 Å². The molecule has 1 amide bonds. The van der Waals surface area contributed by atoms with Gasteiger partial charge in [0.1, 0.15) is 5.69 Å². The molecule has 118 valence electrons. The third-order valence-electron chi connectivity index (χ3n) is 3.42. The van der Waals surface area contributed by atoms with Gasteiger partial charge < -0.3 is 5.32 Å². The maximum Gasteiger partial charge on any atom is 0.416 e. The second-order valence-corrected chi connectivity index (χ2v) is 4.86. The molecule has 0 atom stereocenters. The van der Waals surface area contributed by atoms with E-state index in [2.05, 4.69) is 20.5 Å². The summed E-state index contributed by atoms with van der Waals surface area (Å²) in [6.45, 7) is 0. The molecule has 0 aliphatic rings. The molecule has 0 saturated carbocycles. The molecule has 23 heavy (non-hydrogen) atoms. The van der Waals surface area contributed by atoms with Crippen LogP contribution in [0, 0.1) is 0 Å². The standard InChI is InChI=1S/C15H11F3N4O/c1-19-14(23)12-3-2-8(6-20-12)10-4-9(15(16,17)18)5-13-11(10)7-21-22-13/h2-7H,1H3,(H,19,23)(H,21,22). The monoisotopic (exact) mass is 320 g/mol. The van der Waals surface area contributed by atoms with Crippen LogP contribution in [-0.4, -0.2) is 28.1 Å². The first kappa shape index (κ1) is 15.0. The highest BCUT2D eigenvalue weighted by Crippen LogP contribution is 2.36. The highest BCUT2D eigenvalue weighted by molar-refractivity contribution is 5.96. The van der Waals surface area contributed by atoms with Gasteiger partial charge in [-0.2, -0.15) is 18.3 Å². The van der Waals surface area contributed by atoms with E-state index in [-0.39, 0.29) is 17.1 Å². The molecule has 3 rings (SSSR count). The summed E-state index contributed by atoms with van der Waals surface area (Å²) in [5.41, 5.74) is 0.506. The van der Waals surface area contributed by atoms with Gasteiger partial charge in [0.15, 0.2) is 0 Å². The molecule has 1 aromatic carbocycles. The molecule has 0 unspecified atom stereocenters. The number of pyridine rings is 1. The van der Waals surface area contributed by atoms with Crippen molar-refractivity contribution in [1.82, 2.24) is 20.5 Å². The van der Waals surface area contributed by atoms with Crippen molar-refractivity contribution in [2.24, 2.45) is 0 Å². The summed E-state index contributed by atoms with van der Waals surface area (Å²) in [6.07, 6.45) is -1.65. The molecule has 0 radical (unpaired) electrons. The molecule has 0 spiro atoms. The summed E-state index contributed by atoms with van der Waals surface area (Å²) in [6, 6.07) is 5.08. The van der Waals surface area contributed by atoms with Gasteiger partial charge in [-0.3, -0.25) is 14.9 Å². The van der Waals surface area contributed by atoms with E-state index in [1.807, 2.05) is 0 Å². The first-order valence-corrected chi connectivity index (χ1v) is 6.63. The van der Waals surface area contributed by atoms with E-state index in [1.54, 1.807) is 6.07 Å². The molecule has 0 fully saturated rings. The summed E-state index contributed by atoms with van der Waals surface area (Å²) in [7, 11) is 1.47. The number of benzene rings is 1. The molecule has 0 bridgehead atoms. The van der Waals surface area contributed by atoms with E-state index in [0.717, 1.165) is 12.1 Å². The predicted molar refractivity (Wildman–Crippen MR) is 77.7 cm³/mol. The number of amides is 1. The van der Waals surface area contributed by atoms with Gasteiger partial charge >= 0.3 is 6.18 Å². The van der Waals surface area contributed by atoms with E-state index >= 15 is 0 Å². The number of nitrogens with zero attached hydrogens (tertiary/aromatic N) is 2. The average Bonchev–Trinajstić information content (AvgIpc) is 3.01. The molecule has 2 N–H and O–H groups in total. The molecule has 8 heteroatoms. The number of aromatic nitrogens is 3. The van der Waals surface area contributed by atoms with Gasteiger partial charge in [0, 0.05) is 24.2 Å². The Bertz CT molecular complexity index is 869. The number of hydrogen-bond acceptors (Lipinski definition) is 3. The lowest BCUT2D eigenvalue weighted by atomic mass is 10.00. The number of carbonyl (C=O) groups is 1. The lowest BCUT2D eigenvalue weighted by molar-refractivity contribution is -0.137. The van der Waals surface area contributed by atoms with Crippen molar-refractivity contribution in [3.63, 3.8) is 0 Å². The third kappa shape index (κ3) is 2.75. The fourth-order valence-electron chi connectivity index (χ4n) is 2.27. The van der Waals surface area contributed by atoms with Crippen LogP contribution in [-0.2, 0) is 6.18 Å². The normalized spacial score (nSPS) is 11.7. The average molecular weight is 320 g/mol. The number of alkyl halides is 3. The molecule has 0 aliphatic heterocycles. The van der Waals surface area contributed by atoms with Crippen molar-refractivity contribution in [3.8, 4) is 11.1 Å². The number of H-pyrrole nitrogens is 1. The number of hydrogen-bond donors (Lipinski definition) is 2. The second kappa shape index (κ2) is 5.38. The Balaban J connectivity index is 2.15. The van der Waals surface area contributed by atoms with Gasteiger partial charge in [-0.1, -0.05) is 6.07 Å². The SMILES string of the molecule is CNC(=O)c1ccc(-c2cc(C(F)(F)F)cc3[nH]ncc23)cn1. The Morgan fingerprint density at radius 1 is 1.22 bits per heavy atom. The van der Waals surface area contributed by atoms with E-state index < -0.39 is 11.7 Å². The molecule has 0 saturated heterocycles. The van der Waals surface area contributed by atoms with Crippen LogP contribution in [0.3, 0.4) is 0 Å². The highest BCUT2D eigenvalue weighted by Gasteiger charge is 2.31. The van der Waals surface area contributed by atoms with Crippen molar-refractivity contribution in [2.75, 3.05) is 7.05 Å². The van der Waals surface area contributed by atoms with Crippen molar-refractivity contribution in [2.45, 2.75) is 6.18 Å². The van der Waals surface area contributed by atoms with Crippen molar-refractivity contribution in [1.29, 1.82) is 0 Å². The Labute approximate surface area is 128 Å². The summed E-state index contributed by atoms with van der Waals surface area (Å²) in [5, 5.41) is 9.32. The summed E-state index contributed by atoms with van der Waals surface area (Å²) in [4.78, 5) is 15.5. The zero-order valence-electron chi connectivity index (χ0n) is 11.9. The van der Waals surface area contributed by atoms with Gasteiger partial charge in [-0.25, -0.2) is 0 Å². The lowest BCUT2D eigenvalue weighted by Crippen LogP contribution is -2.18. The van der Waals surface area contributed by atoms with Gasteiger partial charge in [0.05, 0.1) is 17.3 Å². The fraction of sp³-hybridized carbons (Fsp3) is 0.133. The number of nitrogens with one attached hydrogen (secondary N) is 2. The Kier molecular flexibility index (Phi) is 3.51. The largest absolute Gasteiger partial charge is 0.416 e. The van der Waals surface area contributed by atoms with Crippen LogP contribution >= 0.6 is 0 Å². The fourth-order valence-corrected chi connectivity index (χ4v) is 2.27. The number of rotatable bonds is 2. The maximum absolute atomic E-state index is 13.0. The van der Waals surface area contributed by atoms with Gasteiger partial charge in [-0.15, -0.1) is 0 Å². The molecular weight excluding hydrogens is 309 g/mol. The minimum Gasteiger partial charge on any atom is -0.354 e. The zero-order chi connectivity index (χ0) is 16.6. The number of carbonyl (C=O) groups excluding carboxylic acids is 1. The van der Waals surface area contributed by atoms with Crippen LogP contribution in [0.1, 0.15) is 16.1 Å². The minimum absolute atomic E-state index is 0.187. The van der Waals surface area contributed by atoms with Crippen LogP contribution in [0.15, 0.2) is 36.7 Å². The number of fused-ring (bicyclic) bond motifs is 1. The second-order valence-electron chi connectivity index (χ2n) is 4.86. The van der Waals surface area contributed by atoms with E-state index in [4.69, 9.17) is 0 Å². The molecule has 2 heterocycles. The smallest absolute Gasteiger partial charge is 0.354 e. The minimum atomic E-state index is -4.47. The van der Waals surface area contributed by atoms with Gasteiger partial charge in [-0.05, 0) is 23.8 Å². The quantitative estimate of drug-likeness (QED) is 0.762. The summed E-state index contributed by atoms with van der Waals surface area (Å²) < 4.78 is 39.1. The van der Waals surface area contributed by atoms with E-state index in [0.29, 0.717) is 16.5 Å². The topological polar surface area (TPSA) is 70.7 Å². The zero-order valence-corrected chi connectivity index (χ0v) is 11.9. The van der Waals surface area contributed by atoms with E-state index in [9.17, 15) is 18.0 Å². The molecule has 0 aliphatic carbocycles. The Morgan fingerprint density at radius 3 is 2.61 bits per heavy atom. The first-order valence-electron chi connectivity index (χ1n) is 6.63. The third-order valence-corrected chi connectivity index (χ3v) is 3.42. The van der Waals surface area contributed by atoms with Crippen molar-refractivity contribution < 1.29 is 18.0 Å². The summed E-state index contributed by atoms with van der Waals surface area (Å²) in [5.74, 6) is -0.367. The number of halogens is 3. The predicted octanol–water partition coefficient (Wildman–Crippen LogP) is 3.00. The Hall–Kier alpha value is -2.90. The van der Waals surface area contributed by atoms with Crippen molar-refractivity contribution >= 4 is 16.8 Å². The van der Waals surface area contributed by atoms with Crippen LogP contribution in [0.25, 0.3) is 22.0 Å². The van der Waals surface area contributed by atoms with Crippen LogP contribution in [0.2, 0.25) is 0 Å². The van der Waals surface area contributed by atoms with E-state index in [1.165, 1.54) is 25.5 Å². The van der Waals surface area contributed by atoms with Gasteiger partial charge in [0.2, 0.25) is 0 Å². The molecular formula is C15H11F3N4O.